The van der Waals surface area contributed by atoms with E-state index in [1.165, 1.54) is 25.1 Å². The summed E-state index contributed by atoms with van der Waals surface area (Å²) in [5.74, 6) is -5.27. The number of anilines is 1. The lowest BCUT2D eigenvalue weighted by Crippen LogP contribution is -2.06. The van der Waals surface area contributed by atoms with Crippen molar-refractivity contribution in [2.45, 2.75) is 20.4 Å². The quantitative estimate of drug-likeness (QED) is 0.259. The number of carbonyl (C=O) groups excluding carboxylic acids is 1. The van der Waals surface area contributed by atoms with Crippen LogP contribution in [0, 0.1) is 18.6 Å². The van der Waals surface area contributed by atoms with Crippen molar-refractivity contribution >= 4 is 17.6 Å². The maximum Gasteiger partial charge on any atom is 0.339 e. The van der Waals surface area contributed by atoms with Crippen LogP contribution in [0.2, 0.25) is 0 Å². The van der Waals surface area contributed by atoms with Crippen LogP contribution in [0.15, 0.2) is 66.7 Å². The van der Waals surface area contributed by atoms with E-state index in [1.807, 2.05) is 24.3 Å². The summed E-state index contributed by atoms with van der Waals surface area (Å²) in [6.07, 6.45) is 0. The number of nitrogens with zero attached hydrogens (tertiary/aromatic N) is 1. The van der Waals surface area contributed by atoms with Gasteiger partial charge in [0.2, 0.25) is 5.91 Å². The number of carboxylic acids is 1. The van der Waals surface area contributed by atoms with Crippen LogP contribution in [0.5, 0.6) is 23.3 Å². The fourth-order valence-electron chi connectivity index (χ4n) is 3.66. The number of nitrogens with one attached hydrogen (secondary N) is 1. The minimum Gasteiger partial charge on any atom is -0.478 e. The van der Waals surface area contributed by atoms with Crippen LogP contribution in [0.1, 0.15) is 28.4 Å². The average Bonchev–Trinajstić information content (AvgIpc) is 2.86. The number of carbonyl (C=O) groups is 2. The van der Waals surface area contributed by atoms with Crippen molar-refractivity contribution in [3.63, 3.8) is 0 Å². The number of pyridine rings is 1. The molecule has 0 saturated carbocycles. The Balaban J connectivity index is 1.73. The molecule has 0 atom stereocenters. The molecule has 1 heterocycles. The van der Waals surface area contributed by atoms with E-state index in [9.17, 15) is 23.5 Å². The first-order chi connectivity index (χ1) is 18.1. The van der Waals surface area contributed by atoms with Gasteiger partial charge in [-0.1, -0.05) is 24.3 Å². The molecule has 0 fully saturated rings. The van der Waals surface area contributed by atoms with Crippen LogP contribution in [-0.4, -0.2) is 22.0 Å². The van der Waals surface area contributed by atoms with Gasteiger partial charge in [-0.25, -0.2) is 13.6 Å². The van der Waals surface area contributed by atoms with Gasteiger partial charge in [-0.05, 0) is 59.5 Å². The third-order valence-corrected chi connectivity index (χ3v) is 5.38. The van der Waals surface area contributed by atoms with Crippen LogP contribution >= 0.6 is 0 Å². The van der Waals surface area contributed by atoms with E-state index >= 15 is 0 Å². The fourth-order valence-corrected chi connectivity index (χ4v) is 3.66. The maximum absolute atomic E-state index is 14.7. The monoisotopic (exact) mass is 519 g/mol. The van der Waals surface area contributed by atoms with Crippen molar-refractivity contribution < 1.29 is 33.0 Å². The van der Waals surface area contributed by atoms with Gasteiger partial charge in [0.15, 0.2) is 11.6 Å². The summed E-state index contributed by atoms with van der Waals surface area (Å²) < 4.78 is 40.4. The molecule has 38 heavy (non-hydrogen) atoms. The first-order valence-electron chi connectivity index (χ1n) is 11.4. The highest BCUT2D eigenvalue weighted by Crippen LogP contribution is 2.35. The number of aryl methyl sites for hydroxylation is 1. The molecule has 0 aliphatic heterocycles. The van der Waals surface area contributed by atoms with Gasteiger partial charge >= 0.3 is 5.97 Å². The van der Waals surface area contributed by atoms with Gasteiger partial charge in [-0.15, -0.1) is 0 Å². The fraction of sp³-hybridized carbons (Fsp3) is 0.107. The standard InChI is InChI=1S/C28H23F2N3O5/c1-15-6-7-22(28(35)36)25(8-15)38-27-24(30)13-23(29)26(33-27)37-21-11-19(10-20(12-21)32-16(2)34)18-5-3-4-17(9-18)14-31/h3-13H,14,31H2,1-2H3,(H,32,34)(H,35,36). The van der Waals surface area contributed by atoms with Crippen molar-refractivity contribution in [1.82, 2.24) is 4.98 Å². The molecule has 1 amide bonds. The number of benzene rings is 3. The van der Waals surface area contributed by atoms with Gasteiger partial charge in [0.25, 0.3) is 11.8 Å². The molecule has 194 valence electrons. The van der Waals surface area contributed by atoms with Crippen LogP contribution in [0.3, 0.4) is 0 Å². The molecule has 0 radical (unpaired) electrons. The second-order valence-electron chi connectivity index (χ2n) is 8.40. The summed E-state index contributed by atoms with van der Waals surface area (Å²) in [6.45, 7) is 3.36. The average molecular weight is 520 g/mol. The molecule has 3 aromatic carbocycles. The Bertz CT molecular complexity index is 1540. The molecule has 0 bridgehead atoms. The Morgan fingerprint density at radius 3 is 2.37 bits per heavy atom. The van der Waals surface area contributed by atoms with Gasteiger partial charge in [0.1, 0.15) is 17.1 Å². The van der Waals surface area contributed by atoms with Crippen LogP contribution in [0.25, 0.3) is 11.1 Å². The molecule has 10 heteroatoms. The van der Waals surface area contributed by atoms with Crippen LogP contribution in [0.4, 0.5) is 14.5 Å². The number of carboxylic acid groups (broad SMARTS) is 1. The topological polar surface area (TPSA) is 124 Å². The summed E-state index contributed by atoms with van der Waals surface area (Å²) in [4.78, 5) is 27.1. The van der Waals surface area contributed by atoms with E-state index in [-0.39, 0.29) is 23.0 Å². The smallest absolute Gasteiger partial charge is 0.339 e. The number of rotatable bonds is 8. The Labute approximate surface area is 216 Å². The van der Waals surface area contributed by atoms with Crippen molar-refractivity contribution in [1.29, 1.82) is 0 Å². The summed E-state index contributed by atoms with van der Waals surface area (Å²) in [5, 5.41) is 12.1. The number of amides is 1. The first-order valence-corrected chi connectivity index (χ1v) is 11.4. The Morgan fingerprint density at radius 2 is 1.68 bits per heavy atom. The Hall–Kier alpha value is -4.83. The van der Waals surface area contributed by atoms with E-state index < -0.39 is 29.4 Å². The molecule has 1 aromatic heterocycles. The minimum atomic E-state index is -1.29. The van der Waals surface area contributed by atoms with E-state index in [2.05, 4.69) is 10.3 Å². The number of halogens is 2. The van der Waals surface area contributed by atoms with E-state index in [0.717, 1.165) is 11.1 Å². The van der Waals surface area contributed by atoms with Crippen molar-refractivity contribution in [3.05, 3.63) is 95.1 Å². The lowest BCUT2D eigenvalue weighted by Gasteiger charge is -2.14. The summed E-state index contributed by atoms with van der Waals surface area (Å²) >= 11 is 0. The number of hydrogen-bond acceptors (Lipinski definition) is 6. The second-order valence-corrected chi connectivity index (χ2v) is 8.40. The Morgan fingerprint density at radius 1 is 0.947 bits per heavy atom. The van der Waals surface area contributed by atoms with E-state index in [1.54, 1.807) is 25.1 Å². The molecule has 0 aliphatic rings. The number of aromatic nitrogens is 1. The molecule has 4 N–H and O–H groups in total. The van der Waals surface area contributed by atoms with Gasteiger partial charge in [-0.2, -0.15) is 4.98 Å². The SMILES string of the molecule is CC(=O)Nc1cc(Oc2nc(Oc3cc(C)ccc3C(=O)O)c(F)cc2F)cc(-c2cccc(CN)c2)c1. The van der Waals surface area contributed by atoms with Crippen LogP contribution in [-0.2, 0) is 11.3 Å². The van der Waals surface area contributed by atoms with E-state index in [0.29, 0.717) is 29.4 Å². The molecular weight excluding hydrogens is 496 g/mol. The highest BCUT2D eigenvalue weighted by Gasteiger charge is 2.20. The second kappa shape index (κ2) is 11.1. The maximum atomic E-state index is 14.7. The molecular formula is C28H23F2N3O5. The molecule has 0 spiro atoms. The highest BCUT2D eigenvalue weighted by molar-refractivity contribution is 5.91. The first kappa shape index (κ1) is 26.2. The van der Waals surface area contributed by atoms with Crippen LogP contribution < -0.4 is 20.5 Å². The zero-order chi connectivity index (χ0) is 27.4. The molecule has 0 aliphatic carbocycles. The van der Waals surface area contributed by atoms with Crippen molar-refractivity contribution in [2.24, 2.45) is 5.73 Å². The highest BCUT2D eigenvalue weighted by atomic mass is 19.1. The molecule has 8 nitrogen and oxygen atoms in total. The molecule has 0 saturated heterocycles. The summed E-state index contributed by atoms with van der Waals surface area (Å²) in [5.41, 5.74) is 8.82. The number of ether oxygens (including phenoxy) is 2. The Kier molecular flexibility index (Phi) is 7.63. The predicted molar refractivity (Wildman–Crippen MR) is 137 cm³/mol. The van der Waals surface area contributed by atoms with Gasteiger partial charge in [0.05, 0.1) is 0 Å². The molecule has 4 rings (SSSR count). The zero-order valence-electron chi connectivity index (χ0n) is 20.4. The largest absolute Gasteiger partial charge is 0.478 e. The van der Waals surface area contributed by atoms with E-state index in [4.69, 9.17) is 15.2 Å². The van der Waals surface area contributed by atoms with Gasteiger partial charge in [-0.3, -0.25) is 4.79 Å². The van der Waals surface area contributed by atoms with Gasteiger partial charge < -0.3 is 25.6 Å². The third-order valence-electron chi connectivity index (χ3n) is 5.38. The number of aromatic carboxylic acids is 1. The minimum absolute atomic E-state index is 0.0927. The zero-order valence-corrected chi connectivity index (χ0v) is 20.4. The summed E-state index contributed by atoms with van der Waals surface area (Å²) in [7, 11) is 0. The normalized spacial score (nSPS) is 10.7. The number of hydrogen-bond donors (Lipinski definition) is 3. The lowest BCUT2D eigenvalue weighted by atomic mass is 10.0. The lowest BCUT2D eigenvalue weighted by molar-refractivity contribution is -0.114. The third kappa shape index (κ3) is 6.11. The summed E-state index contributed by atoms with van der Waals surface area (Å²) in [6, 6.07) is 16.9. The number of nitrogens with two attached hydrogens (primary N) is 1. The predicted octanol–water partition coefficient (Wildman–Crippen LogP) is 6.04. The molecule has 4 aromatic rings. The van der Waals surface area contributed by atoms with Gasteiger partial charge in [0, 0.05) is 31.3 Å². The van der Waals surface area contributed by atoms with Crippen molar-refractivity contribution in [3.8, 4) is 34.4 Å². The van der Waals surface area contributed by atoms with Crippen molar-refractivity contribution in [2.75, 3.05) is 5.32 Å². The molecule has 0 unspecified atom stereocenters.